The van der Waals surface area contributed by atoms with Gasteiger partial charge < -0.3 is 15.1 Å². The average Bonchev–Trinajstić information content (AvgIpc) is 2.51. The van der Waals surface area contributed by atoms with E-state index in [2.05, 4.69) is 35.3 Å². The van der Waals surface area contributed by atoms with Gasteiger partial charge in [0.2, 0.25) is 5.91 Å². The molecule has 0 saturated carbocycles. The molecule has 0 aliphatic carbocycles. The Morgan fingerprint density at radius 1 is 1.20 bits per heavy atom. The molecule has 2 heterocycles. The Hall–Kier alpha value is -1.55. The van der Waals surface area contributed by atoms with Crippen molar-refractivity contribution < 1.29 is 4.79 Å². The molecule has 1 saturated heterocycles. The topological polar surface area (TPSA) is 35.6 Å². The summed E-state index contributed by atoms with van der Waals surface area (Å²) in [6.45, 7) is 7.19. The summed E-state index contributed by atoms with van der Waals surface area (Å²) >= 11 is 0. The molecule has 2 aliphatic heterocycles. The van der Waals surface area contributed by atoms with E-state index in [9.17, 15) is 4.79 Å². The van der Waals surface area contributed by atoms with Crippen LogP contribution in [0.1, 0.15) is 25.3 Å². The van der Waals surface area contributed by atoms with Gasteiger partial charge in [0.1, 0.15) is 0 Å². The maximum absolute atomic E-state index is 12.0. The number of rotatable bonds is 3. The summed E-state index contributed by atoms with van der Waals surface area (Å²) in [4.78, 5) is 16.4. The number of amides is 1. The third-order valence-electron chi connectivity index (χ3n) is 4.19. The smallest absolute Gasteiger partial charge is 0.227 e. The molecule has 0 aromatic heterocycles. The van der Waals surface area contributed by atoms with Crippen LogP contribution in [0.25, 0.3) is 0 Å². The normalized spacial score (nSPS) is 19.1. The zero-order valence-corrected chi connectivity index (χ0v) is 12.2. The van der Waals surface area contributed by atoms with Gasteiger partial charge in [-0.05, 0) is 36.6 Å². The number of aryl methyl sites for hydroxylation is 1. The van der Waals surface area contributed by atoms with Crippen LogP contribution in [0, 0.1) is 0 Å². The Morgan fingerprint density at radius 3 is 2.75 bits per heavy atom. The molecule has 1 aromatic rings. The van der Waals surface area contributed by atoms with Crippen LogP contribution in [-0.4, -0.2) is 38.6 Å². The molecule has 3 rings (SSSR count). The minimum absolute atomic E-state index is 0.272. The summed E-state index contributed by atoms with van der Waals surface area (Å²) < 4.78 is 0. The molecule has 4 nitrogen and oxygen atoms in total. The first kappa shape index (κ1) is 13.4. The average molecular weight is 273 g/mol. The molecule has 1 N–H and O–H groups in total. The summed E-state index contributed by atoms with van der Waals surface area (Å²) in [5, 5.41) is 3.38. The molecule has 0 bridgehead atoms. The quantitative estimate of drug-likeness (QED) is 0.912. The van der Waals surface area contributed by atoms with E-state index in [0.29, 0.717) is 6.42 Å². The molecule has 0 atom stereocenters. The van der Waals surface area contributed by atoms with E-state index < -0.39 is 0 Å². The van der Waals surface area contributed by atoms with Crippen molar-refractivity contribution in [2.75, 3.05) is 42.5 Å². The number of nitrogens with one attached hydrogen (secondary N) is 1. The predicted octanol–water partition coefficient (Wildman–Crippen LogP) is 1.79. The summed E-state index contributed by atoms with van der Waals surface area (Å²) in [6.07, 6.45) is 2.54. The van der Waals surface area contributed by atoms with Crippen molar-refractivity contribution in [1.82, 2.24) is 5.32 Å². The summed E-state index contributed by atoms with van der Waals surface area (Å²) in [5.41, 5.74) is 3.76. The lowest BCUT2D eigenvalue weighted by molar-refractivity contribution is -0.118. The lowest BCUT2D eigenvalue weighted by Crippen LogP contribution is -2.43. The van der Waals surface area contributed by atoms with Crippen molar-refractivity contribution in [2.45, 2.75) is 26.2 Å². The highest BCUT2D eigenvalue weighted by Crippen LogP contribution is 2.31. The van der Waals surface area contributed by atoms with Crippen molar-refractivity contribution in [2.24, 2.45) is 0 Å². The van der Waals surface area contributed by atoms with E-state index in [-0.39, 0.29) is 5.91 Å². The van der Waals surface area contributed by atoms with Crippen LogP contribution >= 0.6 is 0 Å². The van der Waals surface area contributed by atoms with E-state index in [0.717, 1.165) is 51.3 Å². The lowest BCUT2D eigenvalue weighted by atomic mass is 9.99. The second kappa shape index (κ2) is 5.83. The Kier molecular flexibility index (Phi) is 3.92. The number of piperazine rings is 1. The van der Waals surface area contributed by atoms with Crippen molar-refractivity contribution >= 4 is 17.3 Å². The highest BCUT2D eigenvalue weighted by Gasteiger charge is 2.24. The van der Waals surface area contributed by atoms with Crippen LogP contribution < -0.4 is 15.1 Å². The van der Waals surface area contributed by atoms with Crippen molar-refractivity contribution in [1.29, 1.82) is 0 Å². The summed E-state index contributed by atoms with van der Waals surface area (Å²) in [6, 6.07) is 6.60. The third kappa shape index (κ3) is 2.52. The molecule has 4 heteroatoms. The first-order valence-corrected chi connectivity index (χ1v) is 7.68. The fourth-order valence-corrected chi connectivity index (χ4v) is 3.13. The highest BCUT2D eigenvalue weighted by atomic mass is 16.2. The van der Waals surface area contributed by atoms with Crippen LogP contribution in [0.4, 0.5) is 11.4 Å². The standard InChI is InChI=1S/C16H23N3O/c1-2-9-19-15-5-4-14(18-10-7-17-8-11-18)12-13(15)3-6-16(19)20/h4-5,12,17H,2-3,6-11H2,1H3. The molecule has 0 unspecified atom stereocenters. The van der Waals surface area contributed by atoms with Gasteiger partial charge >= 0.3 is 0 Å². The monoisotopic (exact) mass is 273 g/mol. The Balaban J connectivity index is 1.86. The van der Waals surface area contributed by atoms with Crippen LogP contribution in [0.2, 0.25) is 0 Å². The zero-order valence-electron chi connectivity index (χ0n) is 12.2. The van der Waals surface area contributed by atoms with Gasteiger partial charge in [-0.1, -0.05) is 6.92 Å². The number of nitrogens with zero attached hydrogens (tertiary/aromatic N) is 2. The van der Waals surface area contributed by atoms with E-state index in [1.54, 1.807) is 0 Å². The zero-order chi connectivity index (χ0) is 13.9. The molecular weight excluding hydrogens is 250 g/mol. The van der Waals surface area contributed by atoms with Gasteiger partial charge in [-0.15, -0.1) is 0 Å². The summed E-state index contributed by atoms with van der Waals surface area (Å²) in [5.74, 6) is 0.272. The number of hydrogen-bond donors (Lipinski definition) is 1. The number of hydrogen-bond acceptors (Lipinski definition) is 3. The molecule has 1 aromatic carbocycles. The molecule has 0 radical (unpaired) electrons. The van der Waals surface area contributed by atoms with E-state index in [1.165, 1.54) is 11.3 Å². The largest absolute Gasteiger partial charge is 0.369 e. The predicted molar refractivity (Wildman–Crippen MR) is 82.5 cm³/mol. The first-order valence-electron chi connectivity index (χ1n) is 7.68. The van der Waals surface area contributed by atoms with Crippen LogP contribution in [0.5, 0.6) is 0 Å². The SMILES string of the molecule is CCCN1C(=O)CCc2cc(N3CCNCC3)ccc21. The van der Waals surface area contributed by atoms with E-state index in [1.807, 2.05) is 4.90 Å². The van der Waals surface area contributed by atoms with Gasteiger partial charge in [-0.2, -0.15) is 0 Å². The van der Waals surface area contributed by atoms with Crippen LogP contribution in [0.3, 0.4) is 0 Å². The van der Waals surface area contributed by atoms with Crippen molar-refractivity contribution in [3.05, 3.63) is 23.8 Å². The number of benzene rings is 1. The molecule has 1 fully saturated rings. The van der Waals surface area contributed by atoms with Gasteiger partial charge in [-0.3, -0.25) is 4.79 Å². The van der Waals surface area contributed by atoms with Crippen LogP contribution in [-0.2, 0) is 11.2 Å². The molecule has 0 spiro atoms. The van der Waals surface area contributed by atoms with Crippen molar-refractivity contribution in [3.63, 3.8) is 0 Å². The van der Waals surface area contributed by atoms with Gasteiger partial charge in [0.05, 0.1) is 0 Å². The van der Waals surface area contributed by atoms with Gasteiger partial charge in [0.25, 0.3) is 0 Å². The third-order valence-corrected chi connectivity index (χ3v) is 4.19. The summed E-state index contributed by atoms with van der Waals surface area (Å²) in [7, 11) is 0. The molecule has 108 valence electrons. The number of anilines is 2. The minimum atomic E-state index is 0.272. The second-order valence-electron chi connectivity index (χ2n) is 5.60. The Morgan fingerprint density at radius 2 is 2.00 bits per heavy atom. The van der Waals surface area contributed by atoms with Gasteiger partial charge in [0, 0.05) is 50.5 Å². The Labute approximate surface area is 120 Å². The highest BCUT2D eigenvalue weighted by molar-refractivity contribution is 5.96. The van der Waals surface area contributed by atoms with E-state index in [4.69, 9.17) is 0 Å². The maximum Gasteiger partial charge on any atom is 0.227 e. The minimum Gasteiger partial charge on any atom is -0.369 e. The first-order chi connectivity index (χ1) is 9.79. The number of carbonyl (C=O) groups is 1. The van der Waals surface area contributed by atoms with E-state index >= 15 is 0 Å². The molecular formula is C16H23N3O. The fraction of sp³-hybridized carbons (Fsp3) is 0.562. The number of fused-ring (bicyclic) bond motifs is 1. The second-order valence-corrected chi connectivity index (χ2v) is 5.60. The molecule has 20 heavy (non-hydrogen) atoms. The van der Waals surface area contributed by atoms with Gasteiger partial charge in [-0.25, -0.2) is 0 Å². The molecule has 1 amide bonds. The molecule has 2 aliphatic rings. The Bertz CT molecular complexity index is 494. The van der Waals surface area contributed by atoms with Crippen LogP contribution in [0.15, 0.2) is 18.2 Å². The maximum atomic E-state index is 12.0. The van der Waals surface area contributed by atoms with Gasteiger partial charge in [0.15, 0.2) is 0 Å². The lowest BCUT2D eigenvalue weighted by Gasteiger charge is -2.33. The van der Waals surface area contributed by atoms with Crippen molar-refractivity contribution in [3.8, 4) is 0 Å². The number of carbonyl (C=O) groups excluding carboxylic acids is 1. The fourth-order valence-electron chi connectivity index (χ4n) is 3.13.